The van der Waals surface area contributed by atoms with E-state index in [2.05, 4.69) is 5.10 Å². The van der Waals surface area contributed by atoms with Crippen LogP contribution in [0.3, 0.4) is 0 Å². The zero-order valence-corrected chi connectivity index (χ0v) is 12.0. The molecule has 0 aliphatic rings. The fraction of sp³-hybridized carbons (Fsp3) is 0.615. The smallest absolute Gasteiger partial charge is 0.325 e. The summed E-state index contributed by atoms with van der Waals surface area (Å²) in [6, 6.07) is 0. The average molecular weight is 268 g/mol. The van der Waals surface area contributed by atoms with Crippen molar-refractivity contribution in [3.05, 3.63) is 17.0 Å². The van der Waals surface area contributed by atoms with Gasteiger partial charge in [-0.3, -0.25) is 14.3 Å². The van der Waals surface area contributed by atoms with Gasteiger partial charge in [-0.25, -0.2) is 0 Å². The molecular formula is C13H20N2O4. The van der Waals surface area contributed by atoms with Gasteiger partial charge >= 0.3 is 11.9 Å². The van der Waals surface area contributed by atoms with E-state index in [0.717, 1.165) is 5.69 Å². The van der Waals surface area contributed by atoms with Gasteiger partial charge in [0, 0.05) is 18.3 Å². The van der Waals surface area contributed by atoms with Gasteiger partial charge in [-0.1, -0.05) is 0 Å². The molecule has 6 nitrogen and oxygen atoms in total. The summed E-state index contributed by atoms with van der Waals surface area (Å²) in [5.74, 6) is -2.26. The van der Waals surface area contributed by atoms with Crippen LogP contribution in [0.2, 0.25) is 0 Å². The molecule has 0 fully saturated rings. The van der Waals surface area contributed by atoms with E-state index >= 15 is 0 Å². The van der Waals surface area contributed by atoms with E-state index < -0.39 is 17.9 Å². The van der Waals surface area contributed by atoms with Crippen molar-refractivity contribution in [2.75, 3.05) is 13.2 Å². The Labute approximate surface area is 112 Å². The van der Waals surface area contributed by atoms with E-state index in [0.29, 0.717) is 11.3 Å². The molecule has 1 aromatic heterocycles. The second-order valence-corrected chi connectivity index (χ2v) is 4.15. The highest BCUT2D eigenvalue weighted by Gasteiger charge is 2.35. The summed E-state index contributed by atoms with van der Waals surface area (Å²) in [5.41, 5.74) is 1.95. The number of esters is 2. The van der Waals surface area contributed by atoms with Gasteiger partial charge in [0.25, 0.3) is 0 Å². The SMILES string of the molecule is CCOC(=O)C(C(=O)OCC)c1c(C)nn(C)c1C. The molecule has 0 aromatic carbocycles. The topological polar surface area (TPSA) is 70.4 Å². The summed E-state index contributed by atoms with van der Waals surface area (Å²) in [7, 11) is 1.76. The van der Waals surface area contributed by atoms with Crippen molar-refractivity contribution in [3.63, 3.8) is 0 Å². The first kappa shape index (κ1) is 15.2. The van der Waals surface area contributed by atoms with Crippen molar-refractivity contribution in [1.82, 2.24) is 9.78 Å². The molecule has 0 aliphatic heterocycles. The molecule has 0 spiro atoms. The van der Waals surface area contributed by atoms with Crippen LogP contribution < -0.4 is 0 Å². The highest BCUT2D eigenvalue weighted by Crippen LogP contribution is 2.26. The lowest BCUT2D eigenvalue weighted by atomic mass is 9.97. The van der Waals surface area contributed by atoms with Crippen LogP contribution in [0.4, 0.5) is 0 Å². The molecule has 6 heteroatoms. The first-order valence-corrected chi connectivity index (χ1v) is 6.27. The van der Waals surface area contributed by atoms with Crippen LogP contribution in [0.15, 0.2) is 0 Å². The van der Waals surface area contributed by atoms with Gasteiger partial charge in [-0.2, -0.15) is 5.10 Å². The third kappa shape index (κ3) is 3.13. The molecule has 0 saturated carbocycles. The van der Waals surface area contributed by atoms with Crippen molar-refractivity contribution in [1.29, 1.82) is 0 Å². The van der Waals surface area contributed by atoms with Crippen LogP contribution in [0.5, 0.6) is 0 Å². The second-order valence-electron chi connectivity index (χ2n) is 4.15. The fourth-order valence-electron chi connectivity index (χ4n) is 1.99. The minimum Gasteiger partial charge on any atom is -0.465 e. The first-order chi connectivity index (χ1) is 8.93. The van der Waals surface area contributed by atoms with Gasteiger partial charge in [-0.15, -0.1) is 0 Å². The molecule has 1 aromatic rings. The summed E-state index contributed by atoms with van der Waals surface area (Å²) in [4.78, 5) is 24.0. The van der Waals surface area contributed by atoms with Gasteiger partial charge in [0.2, 0.25) is 0 Å². The maximum absolute atomic E-state index is 12.0. The highest BCUT2D eigenvalue weighted by atomic mass is 16.6. The molecule has 0 N–H and O–H groups in total. The Morgan fingerprint density at radius 1 is 1.16 bits per heavy atom. The number of carbonyl (C=O) groups excluding carboxylic acids is 2. The quantitative estimate of drug-likeness (QED) is 0.593. The summed E-state index contributed by atoms with van der Waals surface area (Å²) in [6.07, 6.45) is 0. The zero-order chi connectivity index (χ0) is 14.6. The predicted octanol–water partition coefficient (Wildman–Crippen LogP) is 1.25. The number of hydrogen-bond acceptors (Lipinski definition) is 5. The molecule has 0 atom stereocenters. The normalized spacial score (nSPS) is 10.6. The summed E-state index contributed by atoms with van der Waals surface area (Å²) >= 11 is 0. The van der Waals surface area contributed by atoms with Gasteiger partial charge in [0.15, 0.2) is 5.92 Å². The van der Waals surface area contributed by atoms with Crippen molar-refractivity contribution in [2.24, 2.45) is 7.05 Å². The third-order valence-electron chi connectivity index (χ3n) is 2.90. The van der Waals surface area contributed by atoms with Crippen molar-refractivity contribution in [3.8, 4) is 0 Å². The molecule has 1 rings (SSSR count). The van der Waals surface area contributed by atoms with E-state index in [9.17, 15) is 9.59 Å². The molecule has 106 valence electrons. The van der Waals surface area contributed by atoms with Gasteiger partial charge in [0.05, 0.1) is 18.9 Å². The lowest BCUT2D eigenvalue weighted by Gasteiger charge is -2.15. The van der Waals surface area contributed by atoms with Gasteiger partial charge in [-0.05, 0) is 27.7 Å². The van der Waals surface area contributed by atoms with Crippen molar-refractivity contribution in [2.45, 2.75) is 33.6 Å². The zero-order valence-electron chi connectivity index (χ0n) is 12.0. The predicted molar refractivity (Wildman–Crippen MR) is 68.7 cm³/mol. The molecular weight excluding hydrogens is 248 g/mol. The van der Waals surface area contributed by atoms with Crippen LogP contribution in [0.25, 0.3) is 0 Å². The number of nitrogens with zero attached hydrogens (tertiary/aromatic N) is 2. The second kappa shape index (κ2) is 6.36. The number of rotatable bonds is 5. The molecule has 0 saturated heterocycles. The molecule has 0 unspecified atom stereocenters. The minimum absolute atomic E-state index is 0.215. The van der Waals surface area contributed by atoms with Gasteiger partial charge < -0.3 is 9.47 Å². The third-order valence-corrected chi connectivity index (χ3v) is 2.90. The average Bonchev–Trinajstić information content (AvgIpc) is 2.57. The first-order valence-electron chi connectivity index (χ1n) is 6.27. The van der Waals surface area contributed by atoms with Crippen LogP contribution in [0.1, 0.15) is 36.7 Å². The molecule has 0 radical (unpaired) electrons. The monoisotopic (exact) mass is 268 g/mol. The Bertz CT molecular complexity index is 461. The van der Waals surface area contributed by atoms with Crippen LogP contribution in [-0.4, -0.2) is 34.9 Å². The number of carbonyl (C=O) groups is 2. The van der Waals surface area contributed by atoms with Crippen molar-refractivity contribution < 1.29 is 19.1 Å². The van der Waals surface area contributed by atoms with E-state index in [1.54, 1.807) is 39.4 Å². The lowest BCUT2D eigenvalue weighted by Crippen LogP contribution is -2.27. The van der Waals surface area contributed by atoms with E-state index in [1.807, 2.05) is 0 Å². The number of ether oxygens (including phenoxy) is 2. The van der Waals surface area contributed by atoms with Crippen LogP contribution in [0, 0.1) is 13.8 Å². The van der Waals surface area contributed by atoms with Gasteiger partial charge in [0.1, 0.15) is 0 Å². The molecule has 1 heterocycles. The summed E-state index contributed by atoms with van der Waals surface area (Å²) in [5, 5.41) is 4.22. The minimum atomic E-state index is -1.06. The van der Waals surface area contributed by atoms with E-state index in [1.165, 1.54) is 0 Å². The molecule has 0 aliphatic carbocycles. The fourth-order valence-corrected chi connectivity index (χ4v) is 1.99. The molecule has 0 amide bonds. The van der Waals surface area contributed by atoms with Crippen molar-refractivity contribution >= 4 is 11.9 Å². The van der Waals surface area contributed by atoms with E-state index in [-0.39, 0.29) is 13.2 Å². The Hall–Kier alpha value is -1.85. The maximum Gasteiger partial charge on any atom is 0.325 e. The molecule has 19 heavy (non-hydrogen) atoms. The molecule has 0 bridgehead atoms. The summed E-state index contributed by atoms with van der Waals surface area (Å²) < 4.78 is 11.6. The van der Waals surface area contributed by atoms with E-state index in [4.69, 9.17) is 9.47 Å². The number of hydrogen-bond donors (Lipinski definition) is 0. The lowest BCUT2D eigenvalue weighted by molar-refractivity contribution is -0.157. The Balaban J connectivity index is 3.22. The number of aryl methyl sites for hydroxylation is 2. The van der Waals surface area contributed by atoms with Crippen LogP contribution in [-0.2, 0) is 26.1 Å². The Morgan fingerprint density at radius 3 is 1.95 bits per heavy atom. The Morgan fingerprint density at radius 2 is 1.63 bits per heavy atom. The maximum atomic E-state index is 12.0. The largest absolute Gasteiger partial charge is 0.465 e. The van der Waals surface area contributed by atoms with Crippen LogP contribution >= 0.6 is 0 Å². The standard InChI is InChI=1S/C13H20N2O4/c1-6-18-12(16)11(13(17)19-7-2)10-8(3)14-15(5)9(10)4/h11H,6-7H2,1-5H3. The summed E-state index contributed by atoms with van der Waals surface area (Å²) in [6.45, 7) is 7.39. The highest BCUT2D eigenvalue weighted by molar-refractivity contribution is 6.01. The Kier molecular flexibility index (Phi) is 5.09. The number of aromatic nitrogens is 2.